The normalized spacial score (nSPS) is 20.5. The van der Waals surface area contributed by atoms with E-state index in [1.165, 1.54) is 12.8 Å². The number of piperidine rings is 1. The van der Waals surface area contributed by atoms with Crippen molar-refractivity contribution in [3.8, 4) is 11.5 Å². The van der Waals surface area contributed by atoms with Crippen LogP contribution in [0.3, 0.4) is 0 Å². The Morgan fingerprint density at radius 2 is 1.72 bits per heavy atom. The van der Waals surface area contributed by atoms with Crippen LogP contribution in [0.5, 0.6) is 11.5 Å². The van der Waals surface area contributed by atoms with Crippen LogP contribution in [0.15, 0.2) is 24.3 Å². The Bertz CT molecular complexity index is 361. The standard InChI is InChI=1S/C15H22NO2/c1-15(2,3)18-13-9-7-12(8-10-13)17-14-6-4-5-11-16-14/h7-10,14H,4-6,11H2,1-3H3. The molecule has 1 atom stereocenters. The fraction of sp³-hybridized carbons (Fsp3) is 0.600. The van der Waals surface area contributed by atoms with Gasteiger partial charge in [0.25, 0.3) is 0 Å². The maximum absolute atomic E-state index is 5.82. The van der Waals surface area contributed by atoms with Gasteiger partial charge in [0.05, 0.1) is 0 Å². The van der Waals surface area contributed by atoms with Crippen LogP contribution < -0.4 is 14.8 Å². The smallest absolute Gasteiger partial charge is 0.165 e. The molecule has 1 aromatic rings. The average molecular weight is 248 g/mol. The van der Waals surface area contributed by atoms with E-state index in [1.807, 2.05) is 45.0 Å². The number of nitrogens with zero attached hydrogens (tertiary/aromatic N) is 1. The molecule has 0 saturated carbocycles. The minimum absolute atomic E-state index is 0.0353. The number of ether oxygens (including phenoxy) is 2. The number of rotatable bonds is 3. The van der Waals surface area contributed by atoms with E-state index in [9.17, 15) is 0 Å². The second-order valence-corrected chi connectivity index (χ2v) is 5.66. The lowest BCUT2D eigenvalue weighted by Crippen LogP contribution is -2.32. The zero-order valence-electron chi connectivity index (χ0n) is 11.5. The second-order valence-electron chi connectivity index (χ2n) is 5.66. The molecule has 0 aromatic heterocycles. The molecule has 18 heavy (non-hydrogen) atoms. The lowest BCUT2D eigenvalue weighted by atomic mass is 10.1. The van der Waals surface area contributed by atoms with Crippen LogP contribution in [-0.4, -0.2) is 18.4 Å². The zero-order chi connectivity index (χ0) is 13.0. The van der Waals surface area contributed by atoms with Crippen molar-refractivity contribution in [1.29, 1.82) is 0 Å². The van der Waals surface area contributed by atoms with E-state index in [2.05, 4.69) is 5.32 Å². The average Bonchev–Trinajstić information content (AvgIpc) is 2.31. The van der Waals surface area contributed by atoms with Gasteiger partial charge < -0.3 is 9.47 Å². The van der Waals surface area contributed by atoms with E-state index in [1.54, 1.807) is 0 Å². The Morgan fingerprint density at radius 1 is 1.06 bits per heavy atom. The second kappa shape index (κ2) is 5.61. The monoisotopic (exact) mass is 248 g/mol. The van der Waals surface area contributed by atoms with Gasteiger partial charge in [-0.1, -0.05) is 0 Å². The van der Waals surface area contributed by atoms with Crippen LogP contribution in [0.4, 0.5) is 0 Å². The first-order chi connectivity index (χ1) is 8.53. The highest BCUT2D eigenvalue weighted by Gasteiger charge is 2.15. The summed E-state index contributed by atoms with van der Waals surface area (Å²) >= 11 is 0. The molecule has 0 spiro atoms. The molecule has 0 aliphatic carbocycles. The molecule has 1 unspecified atom stereocenters. The molecule has 1 saturated heterocycles. The predicted octanol–water partition coefficient (Wildman–Crippen LogP) is 3.36. The maximum Gasteiger partial charge on any atom is 0.165 e. The minimum atomic E-state index is -0.166. The maximum atomic E-state index is 5.82. The molecule has 99 valence electrons. The first-order valence-electron chi connectivity index (χ1n) is 6.65. The van der Waals surface area contributed by atoms with E-state index in [0.717, 1.165) is 24.5 Å². The third kappa shape index (κ3) is 4.22. The van der Waals surface area contributed by atoms with Crippen LogP contribution in [0.1, 0.15) is 40.0 Å². The van der Waals surface area contributed by atoms with Crippen molar-refractivity contribution < 1.29 is 9.47 Å². The van der Waals surface area contributed by atoms with Gasteiger partial charge in [0.15, 0.2) is 6.23 Å². The van der Waals surface area contributed by atoms with E-state index >= 15 is 0 Å². The predicted molar refractivity (Wildman–Crippen MR) is 72.1 cm³/mol. The van der Waals surface area contributed by atoms with Crippen molar-refractivity contribution in [2.24, 2.45) is 0 Å². The van der Waals surface area contributed by atoms with E-state index in [-0.39, 0.29) is 11.8 Å². The largest absolute Gasteiger partial charge is 0.488 e. The molecule has 1 heterocycles. The zero-order valence-corrected chi connectivity index (χ0v) is 11.5. The summed E-state index contributed by atoms with van der Waals surface area (Å²) in [4.78, 5) is 0. The van der Waals surface area contributed by atoms with Crippen LogP contribution >= 0.6 is 0 Å². The number of hydrogen-bond acceptors (Lipinski definition) is 2. The summed E-state index contributed by atoms with van der Waals surface area (Å²) in [6.07, 6.45) is 3.46. The molecular weight excluding hydrogens is 226 g/mol. The van der Waals surface area contributed by atoms with Gasteiger partial charge in [-0.2, -0.15) is 0 Å². The third-order valence-corrected chi connectivity index (χ3v) is 2.71. The van der Waals surface area contributed by atoms with Crippen LogP contribution in [0, 0.1) is 0 Å². The van der Waals surface area contributed by atoms with Crippen LogP contribution in [-0.2, 0) is 0 Å². The van der Waals surface area contributed by atoms with Crippen molar-refractivity contribution in [1.82, 2.24) is 5.32 Å². The van der Waals surface area contributed by atoms with Gasteiger partial charge >= 0.3 is 0 Å². The van der Waals surface area contributed by atoms with Gasteiger partial charge in [0.1, 0.15) is 17.1 Å². The SMILES string of the molecule is CC(C)(C)Oc1ccc(OC2CCCC[N]2)cc1. The fourth-order valence-electron chi connectivity index (χ4n) is 1.95. The Morgan fingerprint density at radius 3 is 2.28 bits per heavy atom. The van der Waals surface area contributed by atoms with Gasteiger partial charge in [-0.3, -0.25) is 0 Å². The lowest BCUT2D eigenvalue weighted by Gasteiger charge is -2.23. The van der Waals surface area contributed by atoms with Crippen molar-refractivity contribution in [2.45, 2.75) is 51.9 Å². The Hall–Kier alpha value is -1.22. The quantitative estimate of drug-likeness (QED) is 0.821. The fourth-order valence-corrected chi connectivity index (χ4v) is 1.95. The first kappa shape index (κ1) is 13.2. The molecule has 1 fully saturated rings. The molecule has 3 nitrogen and oxygen atoms in total. The third-order valence-electron chi connectivity index (χ3n) is 2.71. The summed E-state index contributed by atoms with van der Waals surface area (Å²) in [5.74, 6) is 1.74. The lowest BCUT2D eigenvalue weighted by molar-refractivity contribution is 0.124. The molecule has 3 heteroatoms. The van der Waals surface area contributed by atoms with Crippen LogP contribution in [0.2, 0.25) is 0 Å². The molecule has 2 rings (SSSR count). The summed E-state index contributed by atoms with van der Waals surface area (Å²) in [6, 6.07) is 7.79. The van der Waals surface area contributed by atoms with E-state index in [0.29, 0.717) is 0 Å². The molecule has 0 amide bonds. The molecule has 1 aromatic carbocycles. The van der Waals surface area contributed by atoms with Gasteiger partial charge in [-0.25, -0.2) is 5.32 Å². The van der Waals surface area contributed by atoms with Crippen LogP contribution in [0.25, 0.3) is 0 Å². The summed E-state index contributed by atoms with van der Waals surface area (Å²) in [5.41, 5.74) is -0.166. The van der Waals surface area contributed by atoms with E-state index in [4.69, 9.17) is 9.47 Å². The van der Waals surface area contributed by atoms with E-state index < -0.39 is 0 Å². The van der Waals surface area contributed by atoms with Gasteiger partial charge in [-0.05, 0) is 64.3 Å². The highest BCUT2D eigenvalue weighted by atomic mass is 16.5. The molecule has 1 aliphatic rings. The van der Waals surface area contributed by atoms with Crippen molar-refractivity contribution in [3.63, 3.8) is 0 Å². The number of hydrogen-bond donors (Lipinski definition) is 0. The molecular formula is C15H22NO2. The Labute approximate surface area is 109 Å². The van der Waals surface area contributed by atoms with Crippen molar-refractivity contribution in [2.75, 3.05) is 6.54 Å². The topological polar surface area (TPSA) is 32.6 Å². The first-order valence-corrected chi connectivity index (χ1v) is 6.65. The van der Waals surface area contributed by atoms with Gasteiger partial charge in [0, 0.05) is 6.54 Å². The highest BCUT2D eigenvalue weighted by molar-refractivity contribution is 5.31. The Kier molecular flexibility index (Phi) is 4.12. The van der Waals surface area contributed by atoms with Gasteiger partial charge in [0.2, 0.25) is 0 Å². The summed E-state index contributed by atoms with van der Waals surface area (Å²) in [7, 11) is 0. The molecule has 1 aliphatic heterocycles. The molecule has 0 N–H and O–H groups in total. The minimum Gasteiger partial charge on any atom is -0.488 e. The molecule has 0 bridgehead atoms. The summed E-state index contributed by atoms with van der Waals surface area (Å²) < 4.78 is 11.6. The van der Waals surface area contributed by atoms with Crippen molar-refractivity contribution in [3.05, 3.63) is 24.3 Å². The van der Waals surface area contributed by atoms with Crippen molar-refractivity contribution >= 4 is 0 Å². The number of benzene rings is 1. The summed E-state index contributed by atoms with van der Waals surface area (Å²) in [6.45, 7) is 7.05. The molecule has 1 radical (unpaired) electrons. The Balaban J connectivity index is 1.90. The van der Waals surface area contributed by atoms with Gasteiger partial charge in [-0.15, -0.1) is 0 Å². The highest BCUT2D eigenvalue weighted by Crippen LogP contribution is 2.23. The summed E-state index contributed by atoms with van der Waals surface area (Å²) in [5, 5.41) is 4.45.